The fourth-order valence-corrected chi connectivity index (χ4v) is 6.44. The Labute approximate surface area is 265 Å². The van der Waals surface area contributed by atoms with Gasteiger partial charge in [-0.1, -0.05) is 97.7 Å². The van der Waals surface area contributed by atoms with Crippen molar-refractivity contribution in [3.63, 3.8) is 0 Å². The zero-order valence-electron chi connectivity index (χ0n) is 25.4. The fraction of sp³-hybridized carbons (Fsp3) is 0.257. The molecule has 0 aromatic heterocycles. The number of halogens is 1. The second-order valence-corrected chi connectivity index (χ2v) is 13.3. The van der Waals surface area contributed by atoms with E-state index in [1.54, 1.807) is 60.7 Å². The van der Waals surface area contributed by atoms with Gasteiger partial charge in [-0.3, -0.25) is 13.9 Å². The predicted molar refractivity (Wildman–Crippen MR) is 176 cm³/mol. The first kappa shape index (κ1) is 32.8. The molecule has 0 saturated carbocycles. The minimum absolute atomic E-state index is 0.0697. The molecule has 0 heterocycles. The normalized spacial score (nSPS) is 12.0. The van der Waals surface area contributed by atoms with E-state index in [4.69, 9.17) is 11.6 Å². The lowest BCUT2D eigenvalue weighted by molar-refractivity contribution is -0.139. The second kappa shape index (κ2) is 14.6. The van der Waals surface area contributed by atoms with Crippen LogP contribution in [0.15, 0.2) is 108 Å². The molecule has 230 valence electrons. The van der Waals surface area contributed by atoms with E-state index in [9.17, 15) is 18.0 Å². The maximum absolute atomic E-state index is 14.4. The van der Waals surface area contributed by atoms with Crippen LogP contribution in [0.2, 0.25) is 5.02 Å². The summed E-state index contributed by atoms with van der Waals surface area (Å²) in [6.07, 6.45) is 0.244. The van der Waals surface area contributed by atoms with Crippen LogP contribution in [0.4, 0.5) is 5.69 Å². The number of amides is 2. The van der Waals surface area contributed by atoms with Gasteiger partial charge in [-0.2, -0.15) is 0 Å². The third kappa shape index (κ3) is 8.07. The maximum atomic E-state index is 14.4. The fourth-order valence-electron chi connectivity index (χ4n) is 4.90. The van der Waals surface area contributed by atoms with Crippen molar-refractivity contribution in [1.29, 1.82) is 0 Å². The number of aryl methyl sites for hydroxylation is 1. The van der Waals surface area contributed by atoms with Gasteiger partial charge in [0.05, 0.1) is 10.6 Å². The summed E-state index contributed by atoms with van der Waals surface area (Å²) in [7, 11) is -2.63. The molecule has 0 aliphatic heterocycles. The molecule has 0 aliphatic carbocycles. The van der Waals surface area contributed by atoms with Crippen LogP contribution in [0.1, 0.15) is 42.0 Å². The zero-order valence-corrected chi connectivity index (χ0v) is 27.0. The third-order valence-electron chi connectivity index (χ3n) is 7.52. The number of rotatable bonds is 12. The summed E-state index contributed by atoms with van der Waals surface area (Å²) in [6, 6.07) is 29.2. The first-order chi connectivity index (χ1) is 21.0. The molecule has 0 radical (unpaired) electrons. The summed E-state index contributed by atoms with van der Waals surface area (Å²) in [5.74, 6) is -0.632. The predicted octanol–water partition coefficient (Wildman–Crippen LogP) is 6.35. The molecule has 4 rings (SSSR count). The van der Waals surface area contributed by atoms with Crippen molar-refractivity contribution < 1.29 is 18.0 Å². The molecular weight excluding hydrogens is 594 g/mol. The van der Waals surface area contributed by atoms with Crippen LogP contribution in [0.3, 0.4) is 0 Å². The van der Waals surface area contributed by atoms with Gasteiger partial charge in [0, 0.05) is 25.0 Å². The summed E-state index contributed by atoms with van der Waals surface area (Å²) < 4.78 is 29.4. The largest absolute Gasteiger partial charge is 0.357 e. The number of hydrogen-bond acceptors (Lipinski definition) is 4. The van der Waals surface area contributed by atoms with Gasteiger partial charge in [-0.15, -0.1) is 0 Å². The number of carbonyl (C=O) groups is 2. The van der Waals surface area contributed by atoms with Gasteiger partial charge >= 0.3 is 0 Å². The highest BCUT2D eigenvalue weighted by molar-refractivity contribution is 7.92. The second-order valence-electron chi connectivity index (χ2n) is 11.0. The van der Waals surface area contributed by atoms with Gasteiger partial charge in [0.2, 0.25) is 11.8 Å². The van der Waals surface area contributed by atoms with E-state index in [0.717, 1.165) is 26.6 Å². The summed E-state index contributed by atoms with van der Waals surface area (Å²) in [5.41, 5.74) is 3.92. The molecule has 2 amide bonds. The Kier molecular flexibility index (Phi) is 10.8. The van der Waals surface area contributed by atoms with Gasteiger partial charge < -0.3 is 10.2 Å². The maximum Gasteiger partial charge on any atom is 0.264 e. The molecule has 0 unspecified atom stereocenters. The molecule has 4 aromatic carbocycles. The Morgan fingerprint density at radius 2 is 1.43 bits per heavy atom. The minimum Gasteiger partial charge on any atom is -0.357 e. The van der Waals surface area contributed by atoms with Crippen LogP contribution >= 0.6 is 11.6 Å². The molecule has 1 atom stereocenters. The number of sulfonamides is 1. The highest BCUT2D eigenvalue weighted by atomic mass is 35.5. The summed E-state index contributed by atoms with van der Waals surface area (Å²) >= 11 is 6.12. The molecule has 9 heteroatoms. The monoisotopic (exact) mass is 631 g/mol. The smallest absolute Gasteiger partial charge is 0.264 e. The standard InChI is InChI=1S/C35H38ClN3O4S/c1-25(2)29-14-18-31(19-15-29)39(44(42,43)32-20-10-26(3)11-21-32)24-34(40)38(23-28-12-16-30(36)17-13-28)33(35(41)37-4)22-27-8-6-5-7-9-27/h5-21,25,33H,22-24H2,1-4H3,(H,37,41)/t33-/m1/s1. The number of carbonyl (C=O) groups excluding carboxylic acids is 2. The highest BCUT2D eigenvalue weighted by Gasteiger charge is 2.34. The first-order valence-corrected chi connectivity index (χ1v) is 16.3. The van der Waals surface area contributed by atoms with Gasteiger partial charge in [0.15, 0.2) is 0 Å². The van der Waals surface area contributed by atoms with Crippen LogP contribution in [-0.4, -0.2) is 44.8 Å². The Balaban J connectivity index is 1.79. The first-order valence-electron chi connectivity index (χ1n) is 14.5. The molecule has 1 N–H and O–H groups in total. The molecule has 0 spiro atoms. The number of benzene rings is 4. The van der Waals surface area contributed by atoms with Crippen molar-refractivity contribution in [2.24, 2.45) is 0 Å². The Morgan fingerprint density at radius 3 is 2.00 bits per heavy atom. The van der Waals surface area contributed by atoms with E-state index < -0.39 is 28.5 Å². The Morgan fingerprint density at radius 1 is 0.818 bits per heavy atom. The van der Waals surface area contributed by atoms with Crippen molar-refractivity contribution >= 4 is 39.1 Å². The van der Waals surface area contributed by atoms with Crippen molar-refractivity contribution in [1.82, 2.24) is 10.2 Å². The van der Waals surface area contributed by atoms with Gasteiger partial charge in [0.1, 0.15) is 12.6 Å². The number of nitrogens with zero attached hydrogens (tertiary/aromatic N) is 2. The Hall–Kier alpha value is -4.14. The molecule has 4 aromatic rings. The minimum atomic E-state index is -4.15. The van der Waals surface area contributed by atoms with Crippen molar-refractivity contribution in [3.05, 3.63) is 130 Å². The summed E-state index contributed by atoms with van der Waals surface area (Å²) in [6.45, 7) is 5.56. The van der Waals surface area contributed by atoms with E-state index >= 15 is 0 Å². The number of nitrogens with one attached hydrogen (secondary N) is 1. The zero-order chi connectivity index (χ0) is 31.9. The molecule has 44 heavy (non-hydrogen) atoms. The molecule has 0 aliphatic rings. The molecular formula is C35H38ClN3O4S. The van der Waals surface area contributed by atoms with E-state index in [-0.39, 0.29) is 29.7 Å². The Bertz CT molecular complexity index is 1660. The van der Waals surface area contributed by atoms with Crippen LogP contribution in [0, 0.1) is 6.92 Å². The number of anilines is 1. The SMILES string of the molecule is CNC(=O)[C@@H](Cc1ccccc1)N(Cc1ccc(Cl)cc1)C(=O)CN(c1ccc(C(C)C)cc1)S(=O)(=O)c1ccc(C)cc1. The lowest BCUT2D eigenvalue weighted by Crippen LogP contribution is -2.53. The number of likely N-dealkylation sites (N-methyl/N-ethyl adjacent to an activating group) is 1. The van der Waals surface area contributed by atoms with E-state index in [1.807, 2.05) is 49.4 Å². The summed E-state index contributed by atoms with van der Waals surface area (Å²) in [4.78, 5) is 29.3. The summed E-state index contributed by atoms with van der Waals surface area (Å²) in [5, 5.41) is 3.23. The molecule has 0 bridgehead atoms. The lowest BCUT2D eigenvalue weighted by Gasteiger charge is -2.33. The van der Waals surface area contributed by atoms with E-state index in [0.29, 0.717) is 10.7 Å². The van der Waals surface area contributed by atoms with Crippen molar-refractivity contribution in [2.45, 2.75) is 50.6 Å². The van der Waals surface area contributed by atoms with Crippen molar-refractivity contribution in [2.75, 3.05) is 17.9 Å². The van der Waals surface area contributed by atoms with Gasteiger partial charge in [0.25, 0.3) is 10.0 Å². The van der Waals surface area contributed by atoms with Crippen LogP contribution in [0.5, 0.6) is 0 Å². The average Bonchev–Trinajstić information content (AvgIpc) is 3.02. The van der Waals surface area contributed by atoms with E-state index in [1.165, 1.54) is 11.9 Å². The lowest BCUT2D eigenvalue weighted by atomic mass is 10.0. The third-order valence-corrected chi connectivity index (χ3v) is 9.56. The average molecular weight is 632 g/mol. The van der Waals surface area contributed by atoms with Crippen molar-refractivity contribution in [3.8, 4) is 0 Å². The molecule has 0 fully saturated rings. The molecule has 0 saturated heterocycles. The van der Waals surface area contributed by atoms with Crippen LogP contribution in [-0.2, 0) is 32.6 Å². The van der Waals surface area contributed by atoms with Gasteiger partial charge in [-0.25, -0.2) is 8.42 Å². The number of hydrogen-bond donors (Lipinski definition) is 1. The van der Waals surface area contributed by atoms with Gasteiger partial charge in [-0.05, 0) is 65.9 Å². The highest BCUT2D eigenvalue weighted by Crippen LogP contribution is 2.27. The van der Waals surface area contributed by atoms with Crippen LogP contribution in [0.25, 0.3) is 0 Å². The quantitative estimate of drug-likeness (QED) is 0.197. The topological polar surface area (TPSA) is 86.8 Å². The van der Waals surface area contributed by atoms with E-state index in [2.05, 4.69) is 19.2 Å². The molecule has 7 nitrogen and oxygen atoms in total. The van der Waals surface area contributed by atoms with Crippen LogP contribution < -0.4 is 9.62 Å².